The van der Waals surface area contributed by atoms with Crippen molar-refractivity contribution in [2.75, 3.05) is 5.75 Å². The lowest BCUT2D eigenvalue weighted by atomic mass is 10.1. The van der Waals surface area contributed by atoms with E-state index in [0.717, 1.165) is 0 Å². The quantitative estimate of drug-likeness (QED) is 0.142. The van der Waals surface area contributed by atoms with Crippen LogP contribution < -0.4 is 27.4 Å². The summed E-state index contributed by atoms with van der Waals surface area (Å²) < 4.78 is 0. The molecule has 4 amide bonds. The number of aliphatic carboxylic acids is 1. The number of carboxylic acids is 1. The van der Waals surface area contributed by atoms with Crippen LogP contribution in [-0.4, -0.2) is 74.6 Å². The molecule has 0 bridgehead atoms. The van der Waals surface area contributed by atoms with Gasteiger partial charge >= 0.3 is 5.97 Å². The van der Waals surface area contributed by atoms with Crippen molar-refractivity contribution in [3.63, 3.8) is 0 Å². The number of rotatable bonds is 13. The summed E-state index contributed by atoms with van der Waals surface area (Å²) in [4.78, 5) is 65.9. The molecule has 0 spiro atoms. The number of aromatic amines is 1. The highest BCUT2D eigenvalue weighted by Gasteiger charge is 2.28. The molecular weight excluding hydrogens is 430 g/mol. The third kappa shape index (κ3) is 9.04. The van der Waals surface area contributed by atoms with Crippen molar-refractivity contribution in [3.8, 4) is 0 Å². The van der Waals surface area contributed by atoms with Crippen LogP contribution >= 0.6 is 12.6 Å². The standard InChI is InChI=1S/C17H27N7O6S/c1-8(14(26)23-11(17(29)30)2-3-13(19)25)22-16(28)12(4-9-5-20-7-21-9)24-15(27)10(18)6-31/h5,7-8,10-12,31H,2-4,6,18H2,1H3,(H2,19,25)(H,20,21)(H,22,28)(H,23,26)(H,24,27)(H,29,30). The normalized spacial score (nSPS) is 14.5. The van der Waals surface area contributed by atoms with E-state index in [-0.39, 0.29) is 25.0 Å². The smallest absolute Gasteiger partial charge is 0.326 e. The Labute approximate surface area is 183 Å². The number of amides is 4. The molecule has 1 aromatic rings. The van der Waals surface area contributed by atoms with E-state index in [1.54, 1.807) is 0 Å². The van der Waals surface area contributed by atoms with Gasteiger partial charge in [0.25, 0.3) is 0 Å². The predicted molar refractivity (Wildman–Crippen MR) is 112 cm³/mol. The summed E-state index contributed by atoms with van der Waals surface area (Å²) in [5, 5.41) is 16.3. The molecule has 1 aromatic heterocycles. The molecule has 0 aliphatic carbocycles. The predicted octanol–water partition coefficient (Wildman–Crippen LogP) is -2.97. The molecule has 172 valence electrons. The maximum absolute atomic E-state index is 12.7. The average Bonchev–Trinajstić information content (AvgIpc) is 3.22. The van der Waals surface area contributed by atoms with Crippen molar-refractivity contribution in [1.29, 1.82) is 0 Å². The van der Waals surface area contributed by atoms with Crippen LogP contribution in [0.25, 0.3) is 0 Å². The first-order valence-electron chi connectivity index (χ1n) is 9.31. The number of carboxylic acid groups (broad SMARTS) is 1. The number of nitrogens with two attached hydrogens (primary N) is 2. The van der Waals surface area contributed by atoms with Crippen molar-refractivity contribution < 1.29 is 29.1 Å². The second-order valence-corrected chi connectivity index (χ2v) is 7.13. The number of aromatic nitrogens is 2. The summed E-state index contributed by atoms with van der Waals surface area (Å²) in [6, 6.07) is -4.52. The molecule has 9 N–H and O–H groups in total. The Morgan fingerprint density at radius 3 is 2.29 bits per heavy atom. The van der Waals surface area contributed by atoms with Gasteiger partial charge in [-0.3, -0.25) is 19.2 Å². The van der Waals surface area contributed by atoms with Gasteiger partial charge in [-0.15, -0.1) is 0 Å². The largest absolute Gasteiger partial charge is 0.480 e. The third-order valence-electron chi connectivity index (χ3n) is 4.19. The number of carbonyl (C=O) groups is 5. The molecule has 14 heteroatoms. The van der Waals surface area contributed by atoms with Crippen LogP contribution in [0.3, 0.4) is 0 Å². The van der Waals surface area contributed by atoms with Crippen molar-refractivity contribution in [2.24, 2.45) is 11.5 Å². The molecule has 0 aliphatic rings. The van der Waals surface area contributed by atoms with E-state index in [4.69, 9.17) is 11.5 Å². The molecule has 31 heavy (non-hydrogen) atoms. The molecular formula is C17H27N7O6S. The number of hydrogen-bond donors (Lipinski definition) is 8. The summed E-state index contributed by atoms with van der Waals surface area (Å²) in [5.74, 6) is -4.09. The zero-order valence-electron chi connectivity index (χ0n) is 16.8. The molecule has 13 nitrogen and oxygen atoms in total. The van der Waals surface area contributed by atoms with Crippen molar-refractivity contribution in [2.45, 2.75) is 50.4 Å². The van der Waals surface area contributed by atoms with Gasteiger partial charge in [-0.25, -0.2) is 9.78 Å². The summed E-state index contributed by atoms with van der Waals surface area (Å²) in [6.07, 6.45) is 2.48. The van der Waals surface area contributed by atoms with Crippen LogP contribution in [0, 0.1) is 0 Å². The van der Waals surface area contributed by atoms with E-state index in [2.05, 4.69) is 38.5 Å². The second kappa shape index (κ2) is 12.5. The van der Waals surface area contributed by atoms with Crippen LogP contribution in [0.15, 0.2) is 12.5 Å². The van der Waals surface area contributed by atoms with Gasteiger partial charge in [0, 0.05) is 30.5 Å². The zero-order chi connectivity index (χ0) is 23.6. The number of thiol groups is 1. The Hall–Kier alpha value is -3.13. The Balaban J connectivity index is 2.79. The highest BCUT2D eigenvalue weighted by Crippen LogP contribution is 2.02. The van der Waals surface area contributed by atoms with Crippen molar-refractivity contribution in [1.82, 2.24) is 25.9 Å². The Bertz CT molecular complexity index is 788. The highest BCUT2D eigenvalue weighted by atomic mass is 32.1. The van der Waals surface area contributed by atoms with Crippen LogP contribution in [0.1, 0.15) is 25.5 Å². The minimum absolute atomic E-state index is 0.0432. The van der Waals surface area contributed by atoms with Gasteiger partial charge < -0.3 is 37.5 Å². The van der Waals surface area contributed by atoms with E-state index in [9.17, 15) is 29.1 Å². The lowest BCUT2D eigenvalue weighted by molar-refractivity contribution is -0.142. The number of H-pyrrole nitrogens is 1. The summed E-state index contributed by atoms with van der Waals surface area (Å²) in [6.45, 7) is 1.34. The molecule has 0 saturated carbocycles. The van der Waals surface area contributed by atoms with Gasteiger partial charge in [0.1, 0.15) is 18.1 Å². The van der Waals surface area contributed by atoms with Crippen LogP contribution in [0.2, 0.25) is 0 Å². The van der Waals surface area contributed by atoms with E-state index in [1.165, 1.54) is 19.4 Å². The average molecular weight is 458 g/mol. The van der Waals surface area contributed by atoms with E-state index in [0.29, 0.717) is 5.69 Å². The summed E-state index contributed by atoms with van der Waals surface area (Å²) in [7, 11) is 0. The van der Waals surface area contributed by atoms with Crippen molar-refractivity contribution in [3.05, 3.63) is 18.2 Å². The van der Waals surface area contributed by atoms with Crippen LogP contribution in [-0.2, 0) is 30.4 Å². The number of imidazole rings is 1. The van der Waals surface area contributed by atoms with Crippen LogP contribution in [0.5, 0.6) is 0 Å². The molecule has 1 heterocycles. The zero-order valence-corrected chi connectivity index (χ0v) is 17.7. The Morgan fingerprint density at radius 2 is 1.77 bits per heavy atom. The number of carbonyl (C=O) groups excluding carboxylic acids is 4. The third-order valence-corrected chi connectivity index (χ3v) is 4.58. The Kier molecular flexibility index (Phi) is 10.5. The van der Waals surface area contributed by atoms with Gasteiger partial charge in [0.2, 0.25) is 23.6 Å². The molecule has 1 rings (SSSR count). The lowest BCUT2D eigenvalue weighted by Crippen LogP contribution is -2.57. The number of nitrogens with one attached hydrogen (secondary N) is 4. The minimum Gasteiger partial charge on any atom is -0.480 e. The number of primary amides is 1. The van der Waals surface area contributed by atoms with E-state index < -0.39 is 53.8 Å². The van der Waals surface area contributed by atoms with Gasteiger partial charge in [-0.2, -0.15) is 12.6 Å². The molecule has 4 atom stereocenters. The van der Waals surface area contributed by atoms with Crippen LogP contribution in [0.4, 0.5) is 0 Å². The summed E-state index contributed by atoms with van der Waals surface area (Å²) >= 11 is 3.95. The maximum atomic E-state index is 12.7. The highest BCUT2D eigenvalue weighted by molar-refractivity contribution is 7.80. The fraction of sp³-hybridized carbons (Fsp3) is 0.529. The monoisotopic (exact) mass is 457 g/mol. The van der Waals surface area contributed by atoms with E-state index in [1.807, 2.05) is 0 Å². The fourth-order valence-electron chi connectivity index (χ4n) is 2.41. The fourth-order valence-corrected chi connectivity index (χ4v) is 2.57. The molecule has 0 aliphatic heterocycles. The Morgan fingerprint density at radius 1 is 1.13 bits per heavy atom. The lowest BCUT2D eigenvalue weighted by Gasteiger charge is -2.23. The SMILES string of the molecule is CC(NC(=O)C(Cc1cnc[nH]1)NC(=O)C(N)CS)C(=O)NC(CCC(N)=O)C(=O)O. The van der Waals surface area contributed by atoms with Gasteiger partial charge in [0.15, 0.2) is 0 Å². The molecule has 4 unspecified atom stereocenters. The number of nitrogens with zero attached hydrogens (tertiary/aromatic N) is 1. The molecule has 0 radical (unpaired) electrons. The first-order valence-corrected chi connectivity index (χ1v) is 9.94. The first-order chi connectivity index (χ1) is 14.5. The van der Waals surface area contributed by atoms with Gasteiger partial charge in [0.05, 0.1) is 12.4 Å². The molecule has 0 fully saturated rings. The van der Waals surface area contributed by atoms with Gasteiger partial charge in [-0.1, -0.05) is 0 Å². The topological polar surface area (TPSA) is 222 Å². The van der Waals surface area contributed by atoms with E-state index >= 15 is 0 Å². The molecule has 0 aromatic carbocycles. The first kappa shape index (κ1) is 25.9. The van der Waals surface area contributed by atoms with Gasteiger partial charge in [-0.05, 0) is 13.3 Å². The second-order valence-electron chi connectivity index (χ2n) is 6.77. The molecule has 0 saturated heterocycles. The van der Waals surface area contributed by atoms with Crippen molar-refractivity contribution >= 4 is 42.2 Å². The maximum Gasteiger partial charge on any atom is 0.326 e. The minimum atomic E-state index is -1.35. The summed E-state index contributed by atoms with van der Waals surface area (Å²) in [5.41, 5.74) is 11.2. The number of hydrogen-bond acceptors (Lipinski definition) is 8.